The molecule has 24 heteroatoms. The second-order valence-corrected chi connectivity index (χ2v) is 11.7. The smallest absolute Gasteiger partial charge is 0.418 e. The number of rotatable bonds is 18. The van der Waals surface area contributed by atoms with Gasteiger partial charge >= 0.3 is 35.6 Å². The molecule has 0 aliphatic heterocycles. The van der Waals surface area contributed by atoms with Crippen molar-refractivity contribution in [1.82, 2.24) is 13.7 Å². The van der Waals surface area contributed by atoms with Gasteiger partial charge < -0.3 is 14.2 Å². The third-order valence-corrected chi connectivity index (χ3v) is 7.97. The Kier molecular flexibility index (Phi) is 13.7. The summed E-state index contributed by atoms with van der Waals surface area (Å²) >= 11 is 0. The van der Waals surface area contributed by atoms with Crippen LogP contribution in [0.4, 0.5) is 39.5 Å². The largest absolute Gasteiger partial charge is 0.492 e. The number of benzene rings is 3. The summed E-state index contributed by atoms with van der Waals surface area (Å²) in [7, 11) is 0. The van der Waals surface area contributed by atoms with Crippen LogP contribution in [0.2, 0.25) is 0 Å². The summed E-state index contributed by atoms with van der Waals surface area (Å²) in [5.41, 5.74) is -4.98. The Morgan fingerprint density at radius 2 is 0.632 bits per heavy atom. The normalized spacial score (nSPS) is 13.6. The van der Waals surface area contributed by atoms with E-state index in [1.54, 1.807) is 0 Å². The van der Waals surface area contributed by atoms with Crippen LogP contribution < -0.4 is 31.3 Å². The number of alkyl halides is 9. The van der Waals surface area contributed by atoms with Crippen molar-refractivity contribution in [3.05, 3.63) is 136 Å². The fourth-order valence-corrected chi connectivity index (χ4v) is 5.19. The van der Waals surface area contributed by atoms with Crippen molar-refractivity contribution >= 4 is 0 Å². The number of nitroso groups, excluding NO2 is 3. The van der Waals surface area contributed by atoms with E-state index in [4.69, 9.17) is 14.2 Å². The molecule has 0 amide bonds. The Bertz CT molecular complexity index is 1910. The average Bonchev–Trinajstić information content (AvgIpc) is 3.13. The number of ether oxygens (including phenoxy) is 3. The third kappa shape index (κ3) is 10.9. The lowest BCUT2D eigenvalue weighted by molar-refractivity contribution is -0.149. The molecule has 0 saturated heterocycles. The van der Waals surface area contributed by atoms with Crippen LogP contribution in [0.15, 0.2) is 103 Å². The highest BCUT2D eigenvalue weighted by molar-refractivity contribution is 5.32. The average molecular weight is 823 g/mol. The molecule has 0 bridgehead atoms. The van der Waals surface area contributed by atoms with Crippen molar-refractivity contribution in [3.63, 3.8) is 0 Å². The Hall–Kier alpha value is -6.36. The lowest BCUT2D eigenvalue weighted by Gasteiger charge is -2.16. The minimum atomic E-state index is -4.95. The van der Waals surface area contributed by atoms with E-state index >= 15 is 0 Å². The molecule has 3 atom stereocenters. The van der Waals surface area contributed by atoms with Gasteiger partial charge in [0, 0.05) is 0 Å². The lowest BCUT2D eigenvalue weighted by Crippen LogP contribution is -2.55. The van der Waals surface area contributed by atoms with Crippen LogP contribution in [0.5, 0.6) is 17.2 Å². The van der Waals surface area contributed by atoms with Gasteiger partial charge in [0.05, 0.1) is 19.6 Å². The Balaban J connectivity index is 1.54. The van der Waals surface area contributed by atoms with Crippen LogP contribution in [0.1, 0.15) is 34.8 Å². The van der Waals surface area contributed by atoms with Gasteiger partial charge in [-0.05, 0) is 53.1 Å². The van der Waals surface area contributed by atoms with Crippen molar-refractivity contribution in [1.29, 1.82) is 0 Å². The number of nitrogens with zero attached hydrogens (tertiary/aromatic N) is 6. The zero-order valence-electron chi connectivity index (χ0n) is 28.7. The monoisotopic (exact) mass is 822 g/mol. The van der Waals surface area contributed by atoms with Crippen LogP contribution in [-0.4, -0.2) is 52.1 Å². The number of aromatic nitrogens is 3. The topological polar surface area (TPSA) is 182 Å². The first-order valence-electron chi connectivity index (χ1n) is 16.1. The molecule has 57 heavy (non-hydrogen) atoms. The number of halogens is 9. The molecule has 15 nitrogen and oxygen atoms in total. The molecule has 3 aromatic carbocycles. The second kappa shape index (κ2) is 18.1. The second-order valence-electron chi connectivity index (χ2n) is 11.7. The quantitative estimate of drug-likeness (QED) is 0.0797. The van der Waals surface area contributed by atoms with E-state index in [1.165, 1.54) is 0 Å². The Labute approximate surface area is 312 Å². The van der Waals surface area contributed by atoms with E-state index in [-0.39, 0.29) is 17.2 Å². The third-order valence-electron chi connectivity index (χ3n) is 7.97. The van der Waals surface area contributed by atoms with Crippen LogP contribution in [0, 0.1) is 14.7 Å². The van der Waals surface area contributed by atoms with Gasteiger partial charge in [-0.3, -0.25) is 0 Å². The maximum Gasteiger partial charge on any atom is 0.418 e. The minimum Gasteiger partial charge on any atom is -0.492 e. The van der Waals surface area contributed by atoms with Crippen molar-refractivity contribution in [3.8, 4) is 17.2 Å². The highest BCUT2D eigenvalue weighted by atomic mass is 19.4. The maximum absolute atomic E-state index is 13.4. The number of hydrogen-bond donors (Lipinski definition) is 0. The van der Waals surface area contributed by atoms with Crippen molar-refractivity contribution in [2.24, 2.45) is 15.5 Å². The predicted octanol–water partition coefficient (Wildman–Crippen LogP) is 6.52. The Morgan fingerprint density at radius 1 is 0.421 bits per heavy atom. The van der Waals surface area contributed by atoms with Crippen LogP contribution in [-0.2, 0) is 19.6 Å². The van der Waals surface area contributed by atoms with E-state index in [2.05, 4.69) is 15.5 Å². The van der Waals surface area contributed by atoms with Crippen LogP contribution in [0.3, 0.4) is 0 Å². The summed E-state index contributed by atoms with van der Waals surface area (Å²) in [5.74, 6) is -0.119. The fourth-order valence-electron chi connectivity index (χ4n) is 5.19. The highest BCUT2D eigenvalue weighted by Crippen LogP contribution is 2.38. The molecule has 0 radical (unpaired) electrons. The van der Waals surface area contributed by atoms with Gasteiger partial charge in [-0.2, -0.15) is 39.5 Å². The summed E-state index contributed by atoms with van der Waals surface area (Å²) in [6, 6.07) is 4.10. The SMILES string of the molecule is O=NC(c1ccc(OCCn2c(=O)n(CCOc3ccc(C(N=O)C(F)(F)F)cc3)c(=O)n(CCOc3ccc(C(N=O)C(F)(F)F)cc3)c2=O)cc1)C(F)(F)F. The molecular weight excluding hydrogens is 795 g/mol. The lowest BCUT2D eigenvalue weighted by atomic mass is 10.1. The van der Waals surface area contributed by atoms with Crippen LogP contribution >= 0.6 is 0 Å². The summed E-state index contributed by atoms with van der Waals surface area (Å²) in [4.78, 5) is 72.4. The van der Waals surface area contributed by atoms with E-state index in [9.17, 15) is 68.6 Å². The molecular formula is C33H27F9N6O9. The van der Waals surface area contributed by atoms with Crippen molar-refractivity contribution in [2.75, 3.05) is 19.8 Å². The van der Waals surface area contributed by atoms with Gasteiger partial charge in [0.2, 0.25) is 18.1 Å². The summed E-state index contributed by atoms with van der Waals surface area (Å²) < 4.78 is 135. The van der Waals surface area contributed by atoms with E-state index in [1.807, 2.05) is 0 Å². The van der Waals surface area contributed by atoms with Gasteiger partial charge in [0.25, 0.3) is 0 Å². The first-order valence-corrected chi connectivity index (χ1v) is 16.1. The molecule has 1 aromatic heterocycles. The predicted molar refractivity (Wildman–Crippen MR) is 179 cm³/mol. The van der Waals surface area contributed by atoms with Gasteiger partial charge in [0.15, 0.2) is 0 Å². The summed E-state index contributed by atoms with van der Waals surface area (Å²) in [6.45, 7) is -3.01. The van der Waals surface area contributed by atoms with Gasteiger partial charge in [-0.25, -0.2) is 28.1 Å². The fraction of sp³-hybridized carbons (Fsp3) is 0.364. The molecule has 1 heterocycles. The standard InChI is InChI=1S/C33H27F9N6O9/c34-31(35,36)25(43-52)19-1-7-22(8-2-19)55-16-13-46-28(49)47(14-17-56-23-9-3-20(4-10-23)26(44-53)32(37,38)39)30(51)48(29(46)50)15-18-57-24-11-5-21(6-12-24)27(45-54)33(40,41)42/h1-12,25-27H,13-18H2. The summed E-state index contributed by atoms with van der Waals surface area (Å²) in [5, 5.41) is 6.25. The van der Waals surface area contributed by atoms with Gasteiger partial charge in [-0.15, -0.1) is 14.7 Å². The highest BCUT2D eigenvalue weighted by Gasteiger charge is 2.44. The van der Waals surface area contributed by atoms with Crippen molar-refractivity contribution in [2.45, 2.75) is 56.3 Å². The first-order chi connectivity index (χ1) is 26.8. The van der Waals surface area contributed by atoms with Crippen LogP contribution in [0.25, 0.3) is 0 Å². The zero-order chi connectivity index (χ0) is 42.1. The van der Waals surface area contributed by atoms with E-state index in [0.717, 1.165) is 72.8 Å². The van der Waals surface area contributed by atoms with E-state index in [0.29, 0.717) is 13.7 Å². The molecule has 0 aliphatic rings. The first kappa shape index (κ1) is 43.4. The molecule has 0 N–H and O–H groups in total. The minimum absolute atomic E-state index is 0.0398. The van der Waals surface area contributed by atoms with Gasteiger partial charge in [-0.1, -0.05) is 51.9 Å². The zero-order valence-corrected chi connectivity index (χ0v) is 28.7. The summed E-state index contributed by atoms with van der Waals surface area (Å²) in [6.07, 6.45) is -14.9. The molecule has 4 rings (SSSR count). The van der Waals surface area contributed by atoms with E-state index < -0.39 is 110 Å². The number of hydrogen-bond acceptors (Lipinski definition) is 12. The molecule has 3 unspecified atom stereocenters. The Morgan fingerprint density at radius 3 is 0.807 bits per heavy atom. The molecule has 306 valence electrons. The maximum atomic E-state index is 13.4. The molecule has 0 spiro atoms. The molecule has 4 aromatic rings. The molecule has 0 saturated carbocycles. The molecule has 0 fully saturated rings. The molecule has 0 aliphatic carbocycles. The van der Waals surface area contributed by atoms with Crippen molar-refractivity contribution < 1.29 is 53.7 Å². The van der Waals surface area contributed by atoms with Gasteiger partial charge in [0.1, 0.15) is 37.1 Å².